The van der Waals surface area contributed by atoms with E-state index in [4.69, 9.17) is 0 Å². The molecule has 20 heavy (non-hydrogen) atoms. The molecule has 0 saturated carbocycles. The Labute approximate surface area is 130 Å². The monoisotopic (exact) mass is 306 g/mol. The van der Waals surface area contributed by atoms with Crippen LogP contribution in [0.15, 0.2) is 78.4 Å². The van der Waals surface area contributed by atoms with Crippen molar-refractivity contribution in [1.82, 2.24) is 0 Å². The maximum atomic E-state index is 10.1. The molecule has 0 fully saturated rings. The molecule has 2 bridgehead atoms. The van der Waals surface area contributed by atoms with E-state index in [0.717, 1.165) is 5.56 Å². The second-order valence-electron chi connectivity index (χ2n) is 5.14. The van der Waals surface area contributed by atoms with Gasteiger partial charge in [-0.3, -0.25) is 0 Å². The number of hydrogen-bond donors (Lipinski definition) is 1. The van der Waals surface area contributed by atoms with Crippen LogP contribution in [0.2, 0.25) is 0 Å². The van der Waals surface area contributed by atoms with E-state index in [2.05, 4.69) is 18.2 Å². The minimum Gasteiger partial charge on any atom is -0.748 e. The van der Waals surface area contributed by atoms with Gasteiger partial charge in [-0.25, -0.2) is 12.1 Å². The first-order valence-corrected chi connectivity index (χ1v) is 6.81. The summed E-state index contributed by atoms with van der Waals surface area (Å²) in [7, 11) is 0. The van der Waals surface area contributed by atoms with Crippen molar-refractivity contribution < 1.29 is 22.2 Å². The van der Waals surface area contributed by atoms with Crippen molar-refractivity contribution in [2.24, 2.45) is 11.8 Å². The van der Waals surface area contributed by atoms with Gasteiger partial charge in [-0.05, 0) is 17.9 Å². The summed E-state index contributed by atoms with van der Waals surface area (Å²) in [5.41, 5.74) is 2.22. The van der Waals surface area contributed by atoms with Crippen molar-refractivity contribution in [3.63, 3.8) is 0 Å². The smallest absolute Gasteiger partial charge is 0.0567 e. The second-order valence-corrected chi connectivity index (χ2v) is 5.14. The van der Waals surface area contributed by atoms with E-state index in [1.807, 2.05) is 54.6 Å². The maximum absolute atomic E-state index is 10.1. The fourth-order valence-corrected chi connectivity index (χ4v) is 2.85. The Hall–Kier alpha value is -1.34. The average molecular weight is 306 g/mol. The molecule has 0 radical (unpaired) electrons. The molecule has 0 heterocycles. The van der Waals surface area contributed by atoms with E-state index in [-0.39, 0.29) is 23.2 Å². The standard InChI is InChI=1S/C13H13O.C5H5.Fe/c14-13(10-3-1-2-4-10)12-8-9-5-6-11(12)7-9;1-2-4-5-3-1;/h1-6,8-9,11,13-14H,7H2;1-5H;/q-1;-5;. The molecule has 2 aliphatic rings. The van der Waals surface area contributed by atoms with Gasteiger partial charge >= 0.3 is 0 Å². The maximum Gasteiger partial charge on any atom is 0.0567 e. The van der Waals surface area contributed by atoms with Crippen LogP contribution in [0.3, 0.4) is 0 Å². The van der Waals surface area contributed by atoms with Gasteiger partial charge in [-0.15, -0.1) is 5.56 Å². The zero-order valence-electron chi connectivity index (χ0n) is 11.2. The largest absolute Gasteiger partial charge is 0.748 e. The van der Waals surface area contributed by atoms with Gasteiger partial charge in [0.05, 0.1) is 6.10 Å². The molecule has 0 spiro atoms. The van der Waals surface area contributed by atoms with Gasteiger partial charge < -0.3 is 35.4 Å². The molecule has 4 rings (SSSR count). The normalized spacial score (nSPS) is 23.6. The van der Waals surface area contributed by atoms with Crippen LogP contribution in [0.25, 0.3) is 0 Å². The number of aliphatic hydroxyl groups is 1. The molecule has 0 aromatic heterocycles. The molecule has 0 amide bonds. The summed E-state index contributed by atoms with van der Waals surface area (Å²) in [5.74, 6) is 1.07. The average Bonchev–Trinajstić information content (AvgIpc) is 3.24. The summed E-state index contributed by atoms with van der Waals surface area (Å²) in [6.07, 6.45) is 7.48. The van der Waals surface area contributed by atoms with Crippen LogP contribution >= 0.6 is 0 Å². The molecule has 1 N–H and O–H groups in total. The quantitative estimate of drug-likeness (QED) is 0.505. The van der Waals surface area contributed by atoms with Crippen LogP contribution in [-0.2, 0) is 17.1 Å². The predicted molar refractivity (Wildman–Crippen MR) is 77.8 cm³/mol. The van der Waals surface area contributed by atoms with Gasteiger partial charge in [0.15, 0.2) is 0 Å². The summed E-state index contributed by atoms with van der Waals surface area (Å²) >= 11 is 0. The fourth-order valence-electron chi connectivity index (χ4n) is 2.85. The summed E-state index contributed by atoms with van der Waals surface area (Å²) in [4.78, 5) is 0. The fraction of sp³-hybridized carbons (Fsp3) is 0.222. The van der Waals surface area contributed by atoms with Gasteiger partial charge in [0, 0.05) is 23.0 Å². The van der Waals surface area contributed by atoms with E-state index in [9.17, 15) is 5.11 Å². The first-order valence-electron chi connectivity index (χ1n) is 6.81. The predicted octanol–water partition coefficient (Wildman–Crippen LogP) is 3.97. The molecular weight excluding hydrogens is 288 g/mol. The molecule has 1 nitrogen and oxygen atoms in total. The molecule has 110 valence electrons. The number of allylic oxidation sites excluding steroid dienone is 3. The molecule has 2 heteroatoms. The second kappa shape index (κ2) is 6.90. The number of rotatable bonds is 2. The third kappa shape index (κ3) is 3.21. The van der Waals surface area contributed by atoms with Crippen molar-refractivity contribution in [3.05, 3.63) is 84.0 Å². The summed E-state index contributed by atoms with van der Waals surface area (Å²) in [5, 5.41) is 10.1. The zero-order valence-corrected chi connectivity index (χ0v) is 12.3. The third-order valence-electron chi connectivity index (χ3n) is 3.83. The van der Waals surface area contributed by atoms with Crippen LogP contribution in [-0.4, -0.2) is 5.11 Å². The van der Waals surface area contributed by atoms with Crippen LogP contribution in [0.5, 0.6) is 0 Å². The van der Waals surface area contributed by atoms with Crippen LogP contribution in [0.4, 0.5) is 0 Å². The minimum absolute atomic E-state index is 0. The molecule has 3 atom stereocenters. The first-order chi connectivity index (χ1) is 9.34. The molecule has 0 saturated heterocycles. The van der Waals surface area contributed by atoms with Crippen LogP contribution < -0.4 is 0 Å². The van der Waals surface area contributed by atoms with Crippen molar-refractivity contribution >= 4 is 0 Å². The molecule has 2 aliphatic carbocycles. The van der Waals surface area contributed by atoms with Crippen LogP contribution in [0.1, 0.15) is 18.1 Å². The van der Waals surface area contributed by atoms with E-state index in [0.29, 0.717) is 11.8 Å². The molecule has 0 aliphatic heterocycles. The van der Waals surface area contributed by atoms with Gasteiger partial charge in [0.2, 0.25) is 0 Å². The Bertz CT molecular complexity index is 531. The zero-order chi connectivity index (χ0) is 13.1. The van der Waals surface area contributed by atoms with E-state index in [1.165, 1.54) is 12.0 Å². The molecule has 3 unspecified atom stereocenters. The number of aliphatic hydroxyl groups excluding tert-OH is 1. The minimum atomic E-state index is -0.384. The molecule has 2 aromatic rings. The Kier molecular flexibility index (Phi) is 5.19. The van der Waals surface area contributed by atoms with Gasteiger partial charge in [0.1, 0.15) is 0 Å². The van der Waals surface area contributed by atoms with E-state index in [1.54, 1.807) is 0 Å². The van der Waals surface area contributed by atoms with Crippen molar-refractivity contribution in [2.75, 3.05) is 0 Å². The number of hydrogen-bond acceptors (Lipinski definition) is 1. The Morgan fingerprint density at radius 3 is 2.10 bits per heavy atom. The Morgan fingerprint density at radius 1 is 1.05 bits per heavy atom. The van der Waals surface area contributed by atoms with Crippen molar-refractivity contribution in [3.8, 4) is 0 Å². The summed E-state index contributed by atoms with van der Waals surface area (Å²) < 4.78 is 0. The third-order valence-corrected chi connectivity index (χ3v) is 3.83. The van der Waals surface area contributed by atoms with Gasteiger partial charge in [-0.2, -0.15) is 12.1 Å². The Morgan fingerprint density at radius 2 is 1.65 bits per heavy atom. The van der Waals surface area contributed by atoms with E-state index < -0.39 is 0 Å². The van der Waals surface area contributed by atoms with Crippen molar-refractivity contribution in [1.29, 1.82) is 0 Å². The first kappa shape index (κ1) is 15.1. The van der Waals surface area contributed by atoms with Crippen LogP contribution in [0, 0.1) is 11.8 Å². The molecule has 2 aromatic carbocycles. The van der Waals surface area contributed by atoms with E-state index >= 15 is 0 Å². The molecular formula is C18H18FeO-6. The summed E-state index contributed by atoms with van der Waals surface area (Å²) in [6, 6.07) is 17.9. The Balaban J connectivity index is 0.000000210. The summed E-state index contributed by atoms with van der Waals surface area (Å²) in [6.45, 7) is 0. The van der Waals surface area contributed by atoms with Crippen molar-refractivity contribution in [2.45, 2.75) is 12.5 Å². The number of fused-ring (bicyclic) bond motifs is 2. The van der Waals surface area contributed by atoms with Gasteiger partial charge in [-0.1, -0.05) is 18.2 Å². The SMILES string of the molecule is OC(C1=CC2C=CC1C2)[c-]1cccc1.[Fe].[cH-]1[cH-][cH-][cH-][cH-]1. The van der Waals surface area contributed by atoms with Gasteiger partial charge in [0.25, 0.3) is 0 Å². The topological polar surface area (TPSA) is 20.2 Å².